The summed E-state index contributed by atoms with van der Waals surface area (Å²) in [5, 5.41) is 9.35. The molecular weight excluding hydrogens is 340 g/mol. The first-order valence-electron chi connectivity index (χ1n) is 7.27. The third-order valence-electron chi connectivity index (χ3n) is 3.61. The molecule has 0 aliphatic carbocycles. The average Bonchev–Trinajstić information content (AvgIpc) is 2.51. The summed E-state index contributed by atoms with van der Waals surface area (Å²) < 4.78 is 39.6. The van der Waals surface area contributed by atoms with Gasteiger partial charge in [0.1, 0.15) is 0 Å². The molecule has 136 valence electrons. The Kier molecular flexibility index (Phi) is 5.45. The van der Waals surface area contributed by atoms with E-state index in [0.29, 0.717) is 5.56 Å². The van der Waals surface area contributed by atoms with E-state index < -0.39 is 24.7 Å². The van der Waals surface area contributed by atoms with E-state index in [2.05, 4.69) is 11.3 Å². The molecular formula is C16H17F2NO6. The minimum atomic E-state index is -3.10. The molecule has 0 bridgehead atoms. The Bertz CT molecular complexity index is 706. The van der Waals surface area contributed by atoms with Crippen molar-refractivity contribution in [3.63, 3.8) is 0 Å². The number of fused-ring (bicyclic) bond motifs is 1. The zero-order valence-electron chi connectivity index (χ0n) is 13.6. The number of benzene rings is 1. The van der Waals surface area contributed by atoms with E-state index in [-0.39, 0.29) is 35.8 Å². The summed E-state index contributed by atoms with van der Waals surface area (Å²) in [5.41, 5.74) is 0.788. The van der Waals surface area contributed by atoms with Crippen molar-refractivity contribution >= 4 is 12.1 Å². The molecule has 0 fully saturated rings. The maximum Gasteiger partial charge on any atom is 0.408 e. The lowest BCUT2D eigenvalue weighted by molar-refractivity contribution is -0.145. The van der Waals surface area contributed by atoms with Crippen LogP contribution in [0.15, 0.2) is 24.5 Å². The van der Waals surface area contributed by atoms with E-state index in [4.69, 9.17) is 9.47 Å². The van der Waals surface area contributed by atoms with E-state index in [0.717, 1.165) is 4.90 Å². The van der Waals surface area contributed by atoms with Crippen molar-refractivity contribution in [3.05, 3.63) is 35.6 Å². The minimum Gasteiger partial charge on any atom is -0.493 e. The summed E-state index contributed by atoms with van der Waals surface area (Å²) in [5.74, 6) is -1.02. The van der Waals surface area contributed by atoms with Crippen molar-refractivity contribution in [2.75, 3.05) is 13.7 Å². The molecule has 0 saturated carbocycles. The molecule has 1 aliphatic rings. The second-order valence-electron chi connectivity index (χ2n) is 5.33. The SMILES string of the molecule is C=C(C)OC(=O)C1c2cc(OC(F)F)c(OC)cc2CCN1C(=O)O. The lowest BCUT2D eigenvalue weighted by Gasteiger charge is -2.34. The third kappa shape index (κ3) is 3.98. The second kappa shape index (κ2) is 7.37. The number of methoxy groups -OCH3 is 1. The molecule has 9 heteroatoms. The number of alkyl halides is 2. The standard InChI is InChI=1S/C16H17F2NO6/c1-8(2)24-14(20)13-10-7-12(25-15(17)18)11(23-3)6-9(10)4-5-19(13)16(21)22/h6-7,13,15H,1,4-5H2,2-3H3,(H,21,22). The fourth-order valence-corrected chi connectivity index (χ4v) is 2.66. The lowest BCUT2D eigenvalue weighted by atomic mass is 9.92. The van der Waals surface area contributed by atoms with Crippen LogP contribution in [0.1, 0.15) is 24.1 Å². The van der Waals surface area contributed by atoms with Crippen LogP contribution < -0.4 is 9.47 Å². The minimum absolute atomic E-state index is 0.0382. The number of hydrogen-bond donors (Lipinski definition) is 1. The van der Waals surface area contributed by atoms with Gasteiger partial charge in [0.05, 0.1) is 12.9 Å². The lowest BCUT2D eigenvalue weighted by Crippen LogP contribution is -2.43. The number of hydrogen-bond acceptors (Lipinski definition) is 5. The number of nitrogens with zero attached hydrogens (tertiary/aromatic N) is 1. The Labute approximate surface area is 142 Å². The normalized spacial score (nSPS) is 16.2. The van der Waals surface area contributed by atoms with Gasteiger partial charge in [0.15, 0.2) is 17.5 Å². The maximum atomic E-state index is 12.6. The van der Waals surface area contributed by atoms with Crippen LogP contribution in [0.2, 0.25) is 0 Å². The van der Waals surface area contributed by atoms with E-state index in [9.17, 15) is 23.5 Å². The number of ether oxygens (including phenoxy) is 3. The summed E-state index contributed by atoms with van der Waals surface area (Å²) in [6, 6.07) is 1.32. The molecule has 1 aromatic carbocycles. The van der Waals surface area contributed by atoms with Crippen LogP contribution in [0.25, 0.3) is 0 Å². The number of carboxylic acid groups (broad SMARTS) is 1. The Morgan fingerprint density at radius 1 is 1.36 bits per heavy atom. The van der Waals surface area contributed by atoms with Crippen LogP contribution >= 0.6 is 0 Å². The summed E-state index contributed by atoms with van der Waals surface area (Å²) in [6.45, 7) is 1.82. The van der Waals surface area contributed by atoms with Gasteiger partial charge < -0.3 is 19.3 Å². The Hall–Kier alpha value is -2.84. The number of carbonyl (C=O) groups excluding carboxylic acids is 1. The highest BCUT2D eigenvalue weighted by Gasteiger charge is 2.38. The van der Waals surface area contributed by atoms with E-state index in [1.807, 2.05) is 0 Å². The molecule has 1 heterocycles. The summed E-state index contributed by atoms with van der Waals surface area (Å²) in [7, 11) is 1.29. The molecule has 7 nitrogen and oxygen atoms in total. The molecule has 0 radical (unpaired) electrons. The first-order chi connectivity index (χ1) is 11.7. The van der Waals surface area contributed by atoms with E-state index in [1.54, 1.807) is 0 Å². The van der Waals surface area contributed by atoms with Gasteiger partial charge in [0.2, 0.25) is 0 Å². The molecule has 1 unspecified atom stereocenters. The monoisotopic (exact) mass is 357 g/mol. The van der Waals surface area contributed by atoms with Crippen LogP contribution in [0.3, 0.4) is 0 Å². The molecule has 25 heavy (non-hydrogen) atoms. The van der Waals surface area contributed by atoms with Crippen molar-refractivity contribution < 1.29 is 37.7 Å². The van der Waals surface area contributed by atoms with Crippen molar-refractivity contribution in [1.29, 1.82) is 0 Å². The molecule has 2 rings (SSSR count). The number of esters is 1. The highest BCUT2D eigenvalue weighted by atomic mass is 19.3. The van der Waals surface area contributed by atoms with Crippen LogP contribution in [0.5, 0.6) is 11.5 Å². The molecule has 0 aromatic heterocycles. The van der Waals surface area contributed by atoms with Gasteiger partial charge in [0, 0.05) is 6.54 Å². The molecule has 1 atom stereocenters. The Balaban J connectivity index is 2.55. The van der Waals surface area contributed by atoms with Crippen molar-refractivity contribution in [1.82, 2.24) is 4.90 Å². The number of halogens is 2. The zero-order valence-corrected chi connectivity index (χ0v) is 13.6. The molecule has 0 saturated heterocycles. The third-order valence-corrected chi connectivity index (χ3v) is 3.61. The molecule has 1 N–H and O–H groups in total. The maximum absolute atomic E-state index is 12.6. The Morgan fingerprint density at radius 3 is 2.56 bits per heavy atom. The topological polar surface area (TPSA) is 85.3 Å². The quantitative estimate of drug-likeness (QED) is 0.644. The summed E-state index contributed by atoms with van der Waals surface area (Å²) in [6.07, 6.45) is -1.05. The molecule has 1 amide bonds. The van der Waals surface area contributed by atoms with Crippen LogP contribution in [-0.2, 0) is 16.0 Å². The van der Waals surface area contributed by atoms with Gasteiger partial charge in [-0.05, 0) is 36.6 Å². The molecule has 1 aromatic rings. The van der Waals surface area contributed by atoms with E-state index in [1.165, 1.54) is 26.2 Å². The first kappa shape index (κ1) is 18.5. The smallest absolute Gasteiger partial charge is 0.408 e. The van der Waals surface area contributed by atoms with Gasteiger partial charge in [-0.15, -0.1) is 0 Å². The number of allylic oxidation sites excluding steroid dienone is 1. The van der Waals surface area contributed by atoms with Gasteiger partial charge in [-0.3, -0.25) is 4.90 Å². The predicted octanol–water partition coefficient (Wildman–Crippen LogP) is 2.95. The first-order valence-corrected chi connectivity index (χ1v) is 7.27. The number of amides is 1. The average molecular weight is 357 g/mol. The fraction of sp³-hybridized carbons (Fsp3) is 0.375. The van der Waals surface area contributed by atoms with Crippen molar-refractivity contribution in [2.45, 2.75) is 26.0 Å². The summed E-state index contributed by atoms with van der Waals surface area (Å²) in [4.78, 5) is 24.7. The Morgan fingerprint density at radius 2 is 2.04 bits per heavy atom. The number of carbonyl (C=O) groups is 2. The zero-order chi connectivity index (χ0) is 18.7. The van der Waals surface area contributed by atoms with Crippen molar-refractivity contribution in [3.8, 4) is 11.5 Å². The number of rotatable bonds is 5. The largest absolute Gasteiger partial charge is 0.493 e. The van der Waals surface area contributed by atoms with Gasteiger partial charge in [-0.25, -0.2) is 9.59 Å². The highest BCUT2D eigenvalue weighted by molar-refractivity contribution is 5.84. The second-order valence-corrected chi connectivity index (χ2v) is 5.33. The van der Waals surface area contributed by atoms with Crippen LogP contribution in [0.4, 0.5) is 13.6 Å². The van der Waals surface area contributed by atoms with Gasteiger partial charge in [-0.1, -0.05) is 6.58 Å². The summed E-state index contributed by atoms with van der Waals surface area (Å²) >= 11 is 0. The molecule has 0 spiro atoms. The van der Waals surface area contributed by atoms with Gasteiger partial charge >= 0.3 is 18.7 Å². The highest BCUT2D eigenvalue weighted by Crippen LogP contribution is 2.39. The van der Waals surface area contributed by atoms with Crippen molar-refractivity contribution in [2.24, 2.45) is 0 Å². The van der Waals surface area contributed by atoms with Gasteiger partial charge in [-0.2, -0.15) is 8.78 Å². The fourth-order valence-electron chi connectivity index (χ4n) is 2.66. The van der Waals surface area contributed by atoms with Gasteiger partial charge in [0.25, 0.3) is 0 Å². The molecule has 1 aliphatic heterocycles. The van der Waals surface area contributed by atoms with Crippen LogP contribution in [-0.4, -0.2) is 42.3 Å². The predicted molar refractivity (Wildman–Crippen MR) is 81.7 cm³/mol. The van der Waals surface area contributed by atoms with E-state index >= 15 is 0 Å². The van der Waals surface area contributed by atoms with Crippen LogP contribution in [0, 0.1) is 0 Å².